The highest BCUT2D eigenvalue weighted by Gasteiger charge is 2.22. The minimum atomic E-state index is 0.390. The summed E-state index contributed by atoms with van der Waals surface area (Å²) < 4.78 is 7.31. The molecule has 0 radical (unpaired) electrons. The van der Waals surface area contributed by atoms with Gasteiger partial charge in [-0.05, 0) is 25.5 Å². The highest BCUT2D eigenvalue weighted by Crippen LogP contribution is 2.20. The number of benzene rings is 1. The van der Waals surface area contributed by atoms with Gasteiger partial charge < -0.3 is 10.1 Å². The highest BCUT2D eigenvalue weighted by atomic mass is 16.5. The Morgan fingerprint density at radius 1 is 1.32 bits per heavy atom. The number of nitrogens with one attached hydrogen (secondary N) is 1. The largest absolute Gasteiger partial charge is 0.381 e. The highest BCUT2D eigenvalue weighted by molar-refractivity contribution is 5.38. The van der Waals surface area contributed by atoms with Crippen molar-refractivity contribution >= 4 is 5.82 Å². The molecule has 0 spiro atoms. The summed E-state index contributed by atoms with van der Waals surface area (Å²) in [5, 5.41) is 8.02. The number of rotatable bonds is 4. The van der Waals surface area contributed by atoms with Crippen LogP contribution in [-0.2, 0) is 4.74 Å². The zero-order valence-corrected chi connectivity index (χ0v) is 11.1. The third-order valence-corrected chi connectivity index (χ3v) is 3.66. The maximum Gasteiger partial charge on any atom is 0.148 e. The van der Waals surface area contributed by atoms with Gasteiger partial charge in [0.2, 0.25) is 0 Å². The van der Waals surface area contributed by atoms with Gasteiger partial charge in [0.05, 0.1) is 12.3 Å². The summed E-state index contributed by atoms with van der Waals surface area (Å²) in [5.74, 6) is 1.50. The maximum absolute atomic E-state index is 5.42. The first-order valence-electron chi connectivity index (χ1n) is 6.78. The molecular weight excluding hydrogens is 238 g/mol. The molecule has 1 N–H and O–H groups in total. The van der Waals surface area contributed by atoms with E-state index in [4.69, 9.17) is 4.74 Å². The van der Waals surface area contributed by atoms with Crippen LogP contribution in [0.15, 0.2) is 42.6 Å². The van der Waals surface area contributed by atoms with Crippen molar-refractivity contribution in [2.24, 2.45) is 5.92 Å². The molecule has 19 heavy (non-hydrogen) atoms. The van der Waals surface area contributed by atoms with E-state index in [2.05, 4.69) is 17.3 Å². The van der Waals surface area contributed by atoms with Crippen LogP contribution in [0.4, 0.5) is 5.82 Å². The van der Waals surface area contributed by atoms with Crippen LogP contribution in [0.25, 0.3) is 5.69 Å². The Labute approximate surface area is 113 Å². The Morgan fingerprint density at radius 2 is 2.16 bits per heavy atom. The lowest BCUT2D eigenvalue weighted by molar-refractivity contribution is 0.183. The Balaban J connectivity index is 1.68. The average Bonchev–Trinajstić information content (AvgIpc) is 3.11. The summed E-state index contributed by atoms with van der Waals surface area (Å²) in [7, 11) is 0. The first-order valence-corrected chi connectivity index (χ1v) is 6.78. The minimum absolute atomic E-state index is 0.390. The second-order valence-corrected chi connectivity index (χ2v) is 5.04. The van der Waals surface area contributed by atoms with Crippen molar-refractivity contribution in [1.82, 2.24) is 9.78 Å². The fourth-order valence-electron chi connectivity index (χ4n) is 2.42. The molecule has 4 nitrogen and oxygen atoms in total. The molecule has 3 rings (SSSR count). The number of aromatic nitrogens is 2. The fourth-order valence-corrected chi connectivity index (χ4v) is 2.42. The average molecular weight is 257 g/mol. The van der Waals surface area contributed by atoms with Crippen molar-refractivity contribution in [1.29, 1.82) is 0 Å². The number of hydrogen-bond donors (Lipinski definition) is 1. The fraction of sp³-hybridized carbons (Fsp3) is 0.400. The number of nitrogens with zero attached hydrogens (tertiary/aromatic N) is 2. The summed E-state index contributed by atoms with van der Waals surface area (Å²) in [6, 6.07) is 12.5. The second-order valence-electron chi connectivity index (χ2n) is 5.04. The lowest BCUT2D eigenvalue weighted by atomic mass is 10.0. The standard InChI is InChI=1S/C15H19N3O/c1-12(13-8-10-19-11-13)16-15-7-9-18(17-15)14-5-3-2-4-6-14/h2-7,9,12-13H,8,10-11H2,1H3,(H,16,17)/t12-,13+/m1/s1. The van der Waals surface area contributed by atoms with Crippen LogP contribution in [-0.4, -0.2) is 29.0 Å². The Hall–Kier alpha value is -1.81. The third kappa shape index (κ3) is 2.79. The Bertz CT molecular complexity index is 517. The van der Waals surface area contributed by atoms with Gasteiger partial charge in [0.1, 0.15) is 5.82 Å². The van der Waals surface area contributed by atoms with Crippen LogP contribution >= 0.6 is 0 Å². The third-order valence-electron chi connectivity index (χ3n) is 3.66. The predicted octanol–water partition coefficient (Wildman–Crippen LogP) is 2.71. The molecule has 1 aliphatic heterocycles. The minimum Gasteiger partial charge on any atom is -0.381 e. The molecular formula is C15H19N3O. The number of ether oxygens (including phenoxy) is 1. The lowest BCUT2D eigenvalue weighted by Crippen LogP contribution is -2.26. The molecule has 4 heteroatoms. The molecule has 2 aromatic rings. The van der Waals surface area contributed by atoms with E-state index < -0.39 is 0 Å². The van der Waals surface area contributed by atoms with E-state index in [0.717, 1.165) is 31.1 Å². The van der Waals surface area contributed by atoms with Crippen molar-refractivity contribution in [3.63, 3.8) is 0 Å². The smallest absolute Gasteiger partial charge is 0.148 e. The zero-order valence-electron chi connectivity index (χ0n) is 11.1. The maximum atomic E-state index is 5.42. The molecule has 1 aromatic heterocycles. The molecule has 0 amide bonds. The summed E-state index contributed by atoms with van der Waals surface area (Å²) >= 11 is 0. The summed E-state index contributed by atoms with van der Waals surface area (Å²) in [4.78, 5) is 0. The van der Waals surface area contributed by atoms with Gasteiger partial charge in [-0.3, -0.25) is 0 Å². The second kappa shape index (κ2) is 5.45. The Kier molecular flexibility index (Phi) is 3.51. The van der Waals surface area contributed by atoms with Gasteiger partial charge in [0.25, 0.3) is 0 Å². The van der Waals surface area contributed by atoms with Gasteiger partial charge in [-0.15, -0.1) is 0 Å². The normalized spacial score (nSPS) is 20.4. The van der Waals surface area contributed by atoms with Gasteiger partial charge in [-0.25, -0.2) is 4.68 Å². The van der Waals surface area contributed by atoms with Crippen molar-refractivity contribution in [2.75, 3.05) is 18.5 Å². The number of hydrogen-bond acceptors (Lipinski definition) is 3. The van der Waals surface area contributed by atoms with Crippen molar-refractivity contribution in [3.8, 4) is 5.69 Å². The number of para-hydroxylation sites is 1. The van der Waals surface area contributed by atoms with Crippen LogP contribution in [0.1, 0.15) is 13.3 Å². The molecule has 100 valence electrons. The molecule has 1 saturated heterocycles. The first-order chi connectivity index (χ1) is 9.33. The summed E-state index contributed by atoms with van der Waals surface area (Å²) in [5.41, 5.74) is 1.08. The number of anilines is 1. The van der Waals surface area contributed by atoms with E-state index in [-0.39, 0.29) is 0 Å². The van der Waals surface area contributed by atoms with E-state index in [1.807, 2.05) is 47.3 Å². The van der Waals surface area contributed by atoms with Crippen LogP contribution in [0, 0.1) is 5.92 Å². The SMILES string of the molecule is C[C@@H](Nc1ccn(-c2ccccc2)n1)[C@H]1CCOC1. The van der Waals surface area contributed by atoms with E-state index in [1.165, 1.54) is 0 Å². The van der Waals surface area contributed by atoms with Crippen molar-refractivity contribution in [3.05, 3.63) is 42.6 Å². The van der Waals surface area contributed by atoms with E-state index in [9.17, 15) is 0 Å². The molecule has 1 fully saturated rings. The van der Waals surface area contributed by atoms with E-state index in [0.29, 0.717) is 12.0 Å². The van der Waals surface area contributed by atoms with E-state index in [1.54, 1.807) is 0 Å². The van der Waals surface area contributed by atoms with Crippen LogP contribution in [0.5, 0.6) is 0 Å². The molecule has 1 aliphatic rings. The predicted molar refractivity (Wildman–Crippen MR) is 75.6 cm³/mol. The van der Waals surface area contributed by atoms with Crippen molar-refractivity contribution in [2.45, 2.75) is 19.4 Å². The van der Waals surface area contributed by atoms with Crippen LogP contribution < -0.4 is 5.32 Å². The van der Waals surface area contributed by atoms with Gasteiger partial charge >= 0.3 is 0 Å². The lowest BCUT2D eigenvalue weighted by Gasteiger charge is -2.18. The summed E-state index contributed by atoms with van der Waals surface area (Å²) in [6.45, 7) is 3.93. The molecule has 0 aliphatic carbocycles. The van der Waals surface area contributed by atoms with Gasteiger partial charge in [-0.2, -0.15) is 5.10 Å². The quantitative estimate of drug-likeness (QED) is 0.915. The Morgan fingerprint density at radius 3 is 2.89 bits per heavy atom. The van der Waals surface area contributed by atoms with Crippen LogP contribution in [0.2, 0.25) is 0 Å². The zero-order chi connectivity index (χ0) is 13.1. The first kappa shape index (κ1) is 12.2. The molecule has 0 saturated carbocycles. The molecule has 0 bridgehead atoms. The molecule has 2 heterocycles. The van der Waals surface area contributed by atoms with E-state index >= 15 is 0 Å². The molecule has 2 atom stereocenters. The van der Waals surface area contributed by atoms with Gasteiger partial charge in [0.15, 0.2) is 0 Å². The van der Waals surface area contributed by atoms with Gasteiger partial charge in [0, 0.05) is 30.8 Å². The topological polar surface area (TPSA) is 39.1 Å². The van der Waals surface area contributed by atoms with Crippen molar-refractivity contribution < 1.29 is 4.74 Å². The molecule has 1 aromatic carbocycles. The molecule has 0 unspecified atom stereocenters. The van der Waals surface area contributed by atoms with Crippen LogP contribution in [0.3, 0.4) is 0 Å². The summed E-state index contributed by atoms with van der Waals surface area (Å²) in [6.07, 6.45) is 3.11. The monoisotopic (exact) mass is 257 g/mol. The van der Waals surface area contributed by atoms with Gasteiger partial charge in [-0.1, -0.05) is 18.2 Å².